The zero-order valence-corrected chi connectivity index (χ0v) is 17.9. The molecule has 1 aliphatic heterocycles. The minimum atomic E-state index is -3.22. The molecular formula is C20H24N4O5S. The largest absolute Gasteiger partial charge is 0.506 e. The Hall–Kier alpha value is -2.69. The zero-order valence-electron chi connectivity index (χ0n) is 17.1. The molecule has 3 aromatic rings. The van der Waals surface area contributed by atoms with Crippen molar-refractivity contribution in [2.45, 2.75) is 19.5 Å². The standard InChI is InChI=1S/C20H24N4O5S/c1-13-10-24(30(3,27)28)7-6-23(13)11-14-8-16-19(29-14)17(12-22(2)20(16)26)15-4-5-21-9-18(15)25/h4-5,8-9,12-13,25H,6-7,10-11H2,1-3H3. The Bertz CT molecular complexity index is 1260. The van der Waals surface area contributed by atoms with Crippen LogP contribution in [-0.2, 0) is 23.6 Å². The van der Waals surface area contributed by atoms with E-state index in [1.54, 1.807) is 31.6 Å². The van der Waals surface area contributed by atoms with Crippen molar-refractivity contribution in [3.63, 3.8) is 0 Å². The van der Waals surface area contributed by atoms with Gasteiger partial charge < -0.3 is 14.1 Å². The van der Waals surface area contributed by atoms with Gasteiger partial charge in [0, 0.05) is 56.2 Å². The van der Waals surface area contributed by atoms with E-state index < -0.39 is 10.0 Å². The van der Waals surface area contributed by atoms with E-state index in [0.29, 0.717) is 54.0 Å². The monoisotopic (exact) mass is 432 g/mol. The van der Waals surface area contributed by atoms with Gasteiger partial charge in [-0.1, -0.05) is 0 Å². The number of fused-ring (bicyclic) bond motifs is 1. The van der Waals surface area contributed by atoms with Gasteiger partial charge in [0.2, 0.25) is 10.0 Å². The van der Waals surface area contributed by atoms with Crippen LogP contribution in [0.2, 0.25) is 0 Å². The Balaban J connectivity index is 1.69. The summed E-state index contributed by atoms with van der Waals surface area (Å²) in [7, 11) is -1.56. The van der Waals surface area contributed by atoms with Gasteiger partial charge in [-0.15, -0.1) is 0 Å². The number of sulfonamides is 1. The highest BCUT2D eigenvalue weighted by Gasteiger charge is 2.29. The summed E-state index contributed by atoms with van der Waals surface area (Å²) in [4.78, 5) is 18.7. The van der Waals surface area contributed by atoms with E-state index in [2.05, 4.69) is 9.88 Å². The van der Waals surface area contributed by atoms with Crippen LogP contribution in [0.3, 0.4) is 0 Å². The molecule has 0 radical (unpaired) electrons. The molecule has 9 nitrogen and oxygen atoms in total. The van der Waals surface area contributed by atoms with Gasteiger partial charge in [0.15, 0.2) is 0 Å². The van der Waals surface area contributed by atoms with Gasteiger partial charge in [0.1, 0.15) is 17.1 Å². The predicted molar refractivity (Wildman–Crippen MR) is 113 cm³/mol. The molecule has 160 valence electrons. The van der Waals surface area contributed by atoms with Crippen LogP contribution in [0.5, 0.6) is 5.75 Å². The van der Waals surface area contributed by atoms with Crippen molar-refractivity contribution in [2.75, 3.05) is 25.9 Å². The van der Waals surface area contributed by atoms with Crippen molar-refractivity contribution in [2.24, 2.45) is 7.05 Å². The molecule has 4 rings (SSSR count). The quantitative estimate of drug-likeness (QED) is 0.663. The number of aromatic hydroxyl groups is 1. The van der Waals surface area contributed by atoms with Gasteiger partial charge in [-0.3, -0.25) is 14.7 Å². The van der Waals surface area contributed by atoms with Gasteiger partial charge in [-0.05, 0) is 19.1 Å². The van der Waals surface area contributed by atoms with E-state index >= 15 is 0 Å². The molecule has 0 amide bonds. The van der Waals surface area contributed by atoms with Crippen LogP contribution in [0, 0.1) is 0 Å². The maximum Gasteiger partial charge on any atom is 0.261 e. The molecular weight excluding hydrogens is 408 g/mol. The Morgan fingerprint density at radius 3 is 2.73 bits per heavy atom. The van der Waals surface area contributed by atoms with Crippen molar-refractivity contribution in [1.82, 2.24) is 18.8 Å². The van der Waals surface area contributed by atoms with E-state index in [0.717, 1.165) is 0 Å². The summed E-state index contributed by atoms with van der Waals surface area (Å²) >= 11 is 0. The van der Waals surface area contributed by atoms with E-state index in [-0.39, 0.29) is 17.4 Å². The predicted octanol–water partition coefficient (Wildman–Crippen LogP) is 1.36. The molecule has 1 N–H and O–H groups in total. The first-order chi connectivity index (χ1) is 14.1. The van der Waals surface area contributed by atoms with Crippen LogP contribution in [-0.4, -0.2) is 64.2 Å². The van der Waals surface area contributed by atoms with Crippen molar-refractivity contribution in [3.8, 4) is 16.9 Å². The average molecular weight is 433 g/mol. The second kappa shape index (κ2) is 7.53. The second-order valence-corrected chi connectivity index (χ2v) is 9.73. The summed E-state index contributed by atoms with van der Waals surface area (Å²) in [5, 5.41) is 10.7. The number of hydrogen-bond acceptors (Lipinski definition) is 7. The van der Waals surface area contributed by atoms with Crippen molar-refractivity contribution in [1.29, 1.82) is 0 Å². The molecule has 0 bridgehead atoms. The third-order valence-corrected chi connectivity index (χ3v) is 6.82. The number of hydrogen-bond donors (Lipinski definition) is 1. The fraction of sp³-hybridized carbons (Fsp3) is 0.400. The molecule has 1 saturated heterocycles. The van der Waals surface area contributed by atoms with Crippen LogP contribution < -0.4 is 5.56 Å². The van der Waals surface area contributed by atoms with Crippen LogP contribution in [0.4, 0.5) is 0 Å². The van der Waals surface area contributed by atoms with Gasteiger partial charge in [0.25, 0.3) is 5.56 Å². The Labute approximate surface area is 174 Å². The second-order valence-electron chi connectivity index (χ2n) is 7.75. The zero-order chi connectivity index (χ0) is 21.6. The lowest BCUT2D eigenvalue weighted by atomic mass is 10.1. The van der Waals surface area contributed by atoms with Gasteiger partial charge in [-0.25, -0.2) is 8.42 Å². The summed E-state index contributed by atoms with van der Waals surface area (Å²) in [6.07, 6.45) is 5.78. The highest BCUT2D eigenvalue weighted by atomic mass is 32.2. The molecule has 0 spiro atoms. The van der Waals surface area contributed by atoms with Crippen molar-refractivity contribution < 1.29 is 17.9 Å². The summed E-state index contributed by atoms with van der Waals surface area (Å²) in [6, 6.07) is 3.41. The topological polar surface area (TPSA) is 109 Å². The third-order valence-electron chi connectivity index (χ3n) is 5.55. The lowest BCUT2D eigenvalue weighted by Crippen LogP contribution is -2.52. The fourth-order valence-corrected chi connectivity index (χ4v) is 4.78. The number of rotatable bonds is 4. The summed E-state index contributed by atoms with van der Waals surface area (Å²) in [5.74, 6) is 0.615. The fourth-order valence-electron chi connectivity index (χ4n) is 3.88. The first-order valence-corrected chi connectivity index (χ1v) is 11.4. The maximum atomic E-state index is 12.7. The number of piperazine rings is 1. The molecule has 10 heteroatoms. The van der Waals surface area contributed by atoms with Crippen molar-refractivity contribution >= 4 is 21.0 Å². The van der Waals surface area contributed by atoms with Crippen LogP contribution in [0.1, 0.15) is 12.7 Å². The lowest BCUT2D eigenvalue weighted by molar-refractivity contribution is 0.115. The van der Waals surface area contributed by atoms with E-state index in [1.807, 2.05) is 6.92 Å². The molecule has 30 heavy (non-hydrogen) atoms. The first-order valence-electron chi connectivity index (χ1n) is 9.59. The Morgan fingerprint density at radius 1 is 1.30 bits per heavy atom. The molecule has 3 aromatic heterocycles. The normalized spacial score (nSPS) is 18.8. The molecule has 0 saturated carbocycles. The highest BCUT2D eigenvalue weighted by Crippen LogP contribution is 2.34. The SMILES string of the molecule is CC1CN(S(C)(=O)=O)CCN1Cc1cc2c(=O)n(C)cc(-c3ccncc3O)c2o1. The molecule has 1 atom stereocenters. The number of aryl methyl sites for hydroxylation is 1. The minimum absolute atomic E-state index is 0.000850. The number of nitrogens with zero attached hydrogens (tertiary/aromatic N) is 4. The summed E-state index contributed by atoms with van der Waals surface area (Å²) in [5.41, 5.74) is 1.36. The van der Waals surface area contributed by atoms with Gasteiger partial charge in [0.05, 0.1) is 24.4 Å². The molecule has 4 heterocycles. The van der Waals surface area contributed by atoms with Gasteiger partial charge >= 0.3 is 0 Å². The van der Waals surface area contributed by atoms with E-state index in [1.165, 1.54) is 21.3 Å². The Morgan fingerprint density at radius 2 is 2.07 bits per heavy atom. The molecule has 0 aliphatic carbocycles. The summed E-state index contributed by atoms with van der Waals surface area (Å²) in [6.45, 7) is 3.83. The molecule has 1 unspecified atom stereocenters. The highest BCUT2D eigenvalue weighted by molar-refractivity contribution is 7.88. The van der Waals surface area contributed by atoms with Gasteiger partial charge in [-0.2, -0.15) is 4.31 Å². The number of furan rings is 1. The minimum Gasteiger partial charge on any atom is -0.506 e. The van der Waals surface area contributed by atoms with Crippen LogP contribution in [0.25, 0.3) is 22.1 Å². The average Bonchev–Trinajstić information content (AvgIpc) is 3.10. The molecule has 1 fully saturated rings. The Kier molecular flexibility index (Phi) is 5.16. The number of pyridine rings is 2. The molecule has 0 aromatic carbocycles. The smallest absolute Gasteiger partial charge is 0.261 e. The summed E-state index contributed by atoms with van der Waals surface area (Å²) < 4.78 is 32.6. The third kappa shape index (κ3) is 3.73. The maximum absolute atomic E-state index is 12.7. The first kappa shape index (κ1) is 20.6. The lowest BCUT2D eigenvalue weighted by Gasteiger charge is -2.38. The number of aromatic nitrogens is 2. The van der Waals surface area contributed by atoms with Crippen LogP contribution >= 0.6 is 0 Å². The van der Waals surface area contributed by atoms with Crippen molar-refractivity contribution in [3.05, 3.63) is 46.8 Å². The van der Waals surface area contributed by atoms with E-state index in [4.69, 9.17) is 4.42 Å². The molecule has 1 aliphatic rings. The van der Waals surface area contributed by atoms with Crippen LogP contribution in [0.15, 0.2) is 39.9 Å². The van der Waals surface area contributed by atoms with E-state index in [9.17, 15) is 18.3 Å².